The first-order valence-electron chi connectivity index (χ1n) is 7.59. The molecule has 0 aromatic heterocycles. The number of carbonyl (C=O) groups excluding carboxylic acids is 1. The van der Waals surface area contributed by atoms with Gasteiger partial charge in [0.05, 0.1) is 11.5 Å². The van der Waals surface area contributed by atoms with Gasteiger partial charge in [-0.1, -0.05) is 12.1 Å². The van der Waals surface area contributed by atoms with Crippen molar-refractivity contribution in [1.82, 2.24) is 5.32 Å². The molecular weight excluding hydrogens is 328 g/mol. The van der Waals surface area contributed by atoms with Gasteiger partial charge in [0, 0.05) is 12.1 Å². The number of nitrogens with two attached hydrogens (primary N) is 1. The van der Waals surface area contributed by atoms with E-state index in [1.54, 1.807) is 18.2 Å². The second kappa shape index (κ2) is 6.62. The Hall–Kier alpha value is -2.38. The van der Waals surface area contributed by atoms with Gasteiger partial charge in [-0.3, -0.25) is 4.79 Å². The van der Waals surface area contributed by atoms with Crippen molar-refractivity contribution in [3.63, 3.8) is 0 Å². The number of hydrogen-bond acceptors (Lipinski definition) is 4. The van der Waals surface area contributed by atoms with Crippen LogP contribution in [0.25, 0.3) is 0 Å². The molecule has 3 rings (SSSR count). The molecule has 0 saturated heterocycles. The van der Waals surface area contributed by atoms with Gasteiger partial charge in [-0.05, 0) is 54.3 Å². The summed E-state index contributed by atoms with van der Waals surface area (Å²) in [5.74, 6) is 0.662. The fourth-order valence-corrected chi connectivity index (χ4v) is 3.10. The van der Waals surface area contributed by atoms with E-state index in [1.807, 2.05) is 12.1 Å². The zero-order valence-corrected chi connectivity index (χ0v) is 13.8. The van der Waals surface area contributed by atoms with E-state index in [0.29, 0.717) is 18.7 Å². The summed E-state index contributed by atoms with van der Waals surface area (Å²) in [5.41, 5.74) is 2.42. The number of primary sulfonamides is 1. The maximum Gasteiger partial charge on any atom is 0.251 e. The first kappa shape index (κ1) is 16.5. The molecule has 1 heterocycles. The quantitative estimate of drug-likeness (QED) is 0.878. The number of ether oxygens (including phenoxy) is 1. The summed E-state index contributed by atoms with van der Waals surface area (Å²) in [6.45, 7) is 1.02. The lowest BCUT2D eigenvalue weighted by Crippen LogP contribution is -2.23. The highest BCUT2D eigenvalue weighted by atomic mass is 32.2. The molecule has 0 radical (unpaired) electrons. The fraction of sp³-hybridized carbons (Fsp3) is 0.235. The Kier molecular flexibility index (Phi) is 4.55. The van der Waals surface area contributed by atoms with Crippen molar-refractivity contribution < 1.29 is 17.9 Å². The van der Waals surface area contributed by atoms with Gasteiger partial charge in [0.25, 0.3) is 5.91 Å². The largest absolute Gasteiger partial charge is 0.493 e. The van der Waals surface area contributed by atoms with E-state index >= 15 is 0 Å². The maximum atomic E-state index is 12.3. The monoisotopic (exact) mass is 346 g/mol. The molecule has 7 heteroatoms. The number of hydrogen-bond donors (Lipinski definition) is 2. The highest BCUT2D eigenvalue weighted by molar-refractivity contribution is 7.89. The number of amides is 1. The van der Waals surface area contributed by atoms with Gasteiger partial charge in [-0.15, -0.1) is 0 Å². The van der Waals surface area contributed by atoms with Crippen LogP contribution in [-0.2, 0) is 23.0 Å². The minimum atomic E-state index is -3.70. The third-order valence-corrected chi connectivity index (χ3v) is 4.80. The SMILES string of the molecule is NS(=O)(=O)c1ccc(CNC(=O)c2ccc3c(c2)CCCO3)cc1. The molecule has 24 heavy (non-hydrogen) atoms. The summed E-state index contributed by atoms with van der Waals surface area (Å²) >= 11 is 0. The molecule has 2 aromatic rings. The van der Waals surface area contributed by atoms with Crippen molar-refractivity contribution in [2.45, 2.75) is 24.3 Å². The van der Waals surface area contributed by atoms with Crippen LogP contribution in [0.5, 0.6) is 5.75 Å². The normalized spacial score (nSPS) is 13.7. The Morgan fingerprint density at radius 2 is 1.92 bits per heavy atom. The van der Waals surface area contributed by atoms with E-state index in [4.69, 9.17) is 9.88 Å². The van der Waals surface area contributed by atoms with Crippen LogP contribution >= 0.6 is 0 Å². The molecule has 2 aromatic carbocycles. The zero-order valence-electron chi connectivity index (χ0n) is 13.0. The van der Waals surface area contributed by atoms with Crippen molar-refractivity contribution in [2.75, 3.05) is 6.61 Å². The highest BCUT2D eigenvalue weighted by Gasteiger charge is 2.14. The molecule has 0 aliphatic carbocycles. The molecule has 1 amide bonds. The Morgan fingerprint density at radius 3 is 2.62 bits per heavy atom. The third-order valence-electron chi connectivity index (χ3n) is 3.88. The van der Waals surface area contributed by atoms with Crippen molar-refractivity contribution in [3.05, 3.63) is 59.2 Å². The molecule has 0 spiro atoms. The Balaban J connectivity index is 1.65. The van der Waals surface area contributed by atoms with E-state index in [1.165, 1.54) is 12.1 Å². The summed E-state index contributed by atoms with van der Waals surface area (Å²) in [7, 11) is -3.70. The van der Waals surface area contributed by atoms with Crippen LogP contribution in [-0.4, -0.2) is 20.9 Å². The summed E-state index contributed by atoms with van der Waals surface area (Å²) in [6.07, 6.45) is 1.86. The molecule has 0 atom stereocenters. The van der Waals surface area contributed by atoms with Crippen molar-refractivity contribution in [3.8, 4) is 5.75 Å². The molecule has 0 saturated carbocycles. The second-order valence-corrected chi connectivity index (χ2v) is 7.21. The average molecular weight is 346 g/mol. The summed E-state index contributed by atoms with van der Waals surface area (Å²) < 4.78 is 28.0. The topological polar surface area (TPSA) is 98.5 Å². The van der Waals surface area contributed by atoms with Crippen LogP contribution in [0, 0.1) is 0 Å². The number of fused-ring (bicyclic) bond motifs is 1. The van der Waals surface area contributed by atoms with Gasteiger partial charge in [0.2, 0.25) is 10.0 Å². The molecule has 0 unspecified atom stereocenters. The van der Waals surface area contributed by atoms with Crippen molar-refractivity contribution >= 4 is 15.9 Å². The van der Waals surface area contributed by atoms with E-state index in [-0.39, 0.29) is 10.8 Å². The molecule has 126 valence electrons. The predicted molar refractivity (Wildman–Crippen MR) is 89.2 cm³/mol. The van der Waals surface area contributed by atoms with Crippen LogP contribution in [0.4, 0.5) is 0 Å². The average Bonchev–Trinajstić information content (AvgIpc) is 2.59. The molecule has 0 fully saturated rings. The lowest BCUT2D eigenvalue weighted by molar-refractivity contribution is 0.0950. The van der Waals surface area contributed by atoms with E-state index in [2.05, 4.69) is 5.32 Å². The molecular formula is C17H18N2O4S. The number of nitrogens with one attached hydrogen (secondary N) is 1. The van der Waals surface area contributed by atoms with E-state index in [9.17, 15) is 13.2 Å². The summed E-state index contributed by atoms with van der Waals surface area (Å²) in [6, 6.07) is 11.5. The maximum absolute atomic E-state index is 12.3. The van der Waals surface area contributed by atoms with Gasteiger partial charge in [0.15, 0.2) is 0 Å². The standard InChI is InChI=1S/C17H18N2O4S/c18-24(21,22)15-6-3-12(4-7-15)11-19-17(20)14-5-8-16-13(10-14)2-1-9-23-16/h3-8,10H,1-2,9,11H2,(H,19,20)(H2,18,21,22). The number of benzene rings is 2. The van der Waals surface area contributed by atoms with Crippen LogP contribution in [0.15, 0.2) is 47.4 Å². The van der Waals surface area contributed by atoms with Gasteiger partial charge < -0.3 is 10.1 Å². The van der Waals surface area contributed by atoms with Gasteiger partial charge in [0.1, 0.15) is 5.75 Å². The summed E-state index contributed by atoms with van der Waals surface area (Å²) in [5, 5.41) is 7.87. The minimum absolute atomic E-state index is 0.0484. The molecule has 1 aliphatic heterocycles. The van der Waals surface area contributed by atoms with E-state index in [0.717, 1.165) is 29.7 Å². The van der Waals surface area contributed by atoms with Crippen LogP contribution in [0.1, 0.15) is 27.9 Å². The molecule has 3 N–H and O–H groups in total. The number of carbonyl (C=O) groups is 1. The molecule has 1 aliphatic rings. The van der Waals surface area contributed by atoms with E-state index < -0.39 is 10.0 Å². The number of aryl methyl sites for hydroxylation is 1. The second-order valence-electron chi connectivity index (χ2n) is 5.65. The third kappa shape index (κ3) is 3.74. The Labute approximate surface area is 140 Å². The van der Waals surface area contributed by atoms with Crippen molar-refractivity contribution in [1.29, 1.82) is 0 Å². The van der Waals surface area contributed by atoms with Gasteiger partial charge in [-0.25, -0.2) is 13.6 Å². The lowest BCUT2D eigenvalue weighted by atomic mass is 10.0. The zero-order chi connectivity index (χ0) is 17.2. The van der Waals surface area contributed by atoms with Crippen LogP contribution in [0.2, 0.25) is 0 Å². The molecule has 0 bridgehead atoms. The Morgan fingerprint density at radius 1 is 1.17 bits per heavy atom. The predicted octanol–water partition coefficient (Wildman–Crippen LogP) is 1.59. The van der Waals surface area contributed by atoms with Crippen LogP contribution in [0.3, 0.4) is 0 Å². The minimum Gasteiger partial charge on any atom is -0.493 e. The van der Waals surface area contributed by atoms with Gasteiger partial charge in [-0.2, -0.15) is 0 Å². The van der Waals surface area contributed by atoms with Gasteiger partial charge >= 0.3 is 0 Å². The first-order valence-corrected chi connectivity index (χ1v) is 9.14. The fourth-order valence-electron chi connectivity index (χ4n) is 2.58. The summed E-state index contributed by atoms with van der Waals surface area (Å²) in [4.78, 5) is 12.3. The number of sulfonamides is 1. The number of rotatable bonds is 4. The Bertz CT molecular complexity index is 861. The first-order chi connectivity index (χ1) is 11.4. The van der Waals surface area contributed by atoms with Crippen molar-refractivity contribution in [2.24, 2.45) is 5.14 Å². The highest BCUT2D eigenvalue weighted by Crippen LogP contribution is 2.25. The lowest BCUT2D eigenvalue weighted by Gasteiger charge is -2.17. The van der Waals surface area contributed by atoms with Crippen LogP contribution < -0.4 is 15.2 Å². The smallest absolute Gasteiger partial charge is 0.251 e. The molecule has 6 nitrogen and oxygen atoms in total.